The van der Waals surface area contributed by atoms with E-state index in [0.717, 1.165) is 19.4 Å². The average molecular weight is 193 g/mol. The second-order valence-corrected chi connectivity index (χ2v) is 3.87. The Bertz CT molecular complexity index is 166. The first-order valence-electron chi connectivity index (χ1n) is 4.60. The molecule has 4 heteroatoms. The van der Waals surface area contributed by atoms with Crippen LogP contribution in [0.4, 0.5) is 8.78 Å². The summed E-state index contributed by atoms with van der Waals surface area (Å²) in [4.78, 5) is 1.83. The monoisotopic (exact) mass is 193 g/mol. The molecule has 0 bridgehead atoms. The van der Waals surface area contributed by atoms with E-state index in [1.54, 1.807) is 7.11 Å². The highest BCUT2D eigenvalue weighted by molar-refractivity contribution is 4.92. The molecule has 0 aromatic heterocycles. The standard InChI is InChI=1S/C9H17F2NO/c1-9(7-13-2)4-3-5-12(9)6-8(10)11/h8H,3-7H2,1-2H3. The highest BCUT2D eigenvalue weighted by atomic mass is 19.3. The second kappa shape index (κ2) is 4.33. The highest BCUT2D eigenvalue weighted by Gasteiger charge is 2.37. The van der Waals surface area contributed by atoms with Gasteiger partial charge in [-0.3, -0.25) is 4.90 Å². The van der Waals surface area contributed by atoms with Crippen molar-refractivity contribution < 1.29 is 13.5 Å². The van der Waals surface area contributed by atoms with E-state index in [2.05, 4.69) is 0 Å². The molecule has 1 saturated heterocycles. The van der Waals surface area contributed by atoms with E-state index >= 15 is 0 Å². The first-order valence-corrected chi connectivity index (χ1v) is 4.60. The van der Waals surface area contributed by atoms with E-state index in [4.69, 9.17) is 4.74 Å². The number of nitrogens with zero attached hydrogens (tertiary/aromatic N) is 1. The van der Waals surface area contributed by atoms with Crippen molar-refractivity contribution in [3.8, 4) is 0 Å². The SMILES string of the molecule is COCC1(C)CCCN1CC(F)F. The van der Waals surface area contributed by atoms with Crippen LogP contribution in [0.1, 0.15) is 19.8 Å². The topological polar surface area (TPSA) is 12.5 Å². The lowest BCUT2D eigenvalue weighted by Crippen LogP contribution is -2.46. The summed E-state index contributed by atoms with van der Waals surface area (Å²) in [5.41, 5.74) is -0.175. The normalized spacial score (nSPS) is 30.2. The van der Waals surface area contributed by atoms with Crippen LogP contribution in [0.2, 0.25) is 0 Å². The Balaban J connectivity index is 2.51. The number of likely N-dealkylation sites (tertiary alicyclic amines) is 1. The van der Waals surface area contributed by atoms with Crippen molar-refractivity contribution >= 4 is 0 Å². The van der Waals surface area contributed by atoms with Crippen LogP contribution in [0.25, 0.3) is 0 Å². The smallest absolute Gasteiger partial charge is 0.251 e. The van der Waals surface area contributed by atoms with Gasteiger partial charge >= 0.3 is 0 Å². The molecule has 13 heavy (non-hydrogen) atoms. The van der Waals surface area contributed by atoms with Crippen LogP contribution in [0.3, 0.4) is 0 Å². The Kier molecular flexibility index (Phi) is 3.62. The van der Waals surface area contributed by atoms with Gasteiger partial charge < -0.3 is 4.74 Å². The zero-order chi connectivity index (χ0) is 9.90. The van der Waals surface area contributed by atoms with Gasteiger partial charge in [-0.1, -0.05) is 0 Å². The van der Waals surface area contributed by atoms with E-state index in [-0.39, 0.29) is 12.1 Å². The minimum Gasteiger partial charge on any atom is -0.383 e. The van der Waals surface area contributed by atoms with Crippen molar-refractivity contribution in [1.82, 2.24) is 4.90 Å². The van der Waals surface area contributed by atoms with Crippen LogP contribution in [0, 0.1) is 0 Å². The third-order valence-corrected chi connectivity index (χ3v) is 2.72. The van der Waals surface area contributed by atoms with Gasteiger partial charge in [-0.05, 0) is 26.3 Å². The predicted molar refractivity (Wildman–Crippen MR) is 47.1 cm³/mol. The van der Waals surface area contributed by atoms with Crippen LogP contribution in [-0.2, 0) is 4.74 Å². The molecule has 0 aromatic carbocycles. The lowest BCUT2D eigenvalue weighted by atomic mass is 10.0. The molecule has 0 saturated carbocycles. The van der Waals surface area contributed by atoms with Gasteiger partial charge in [-0.15, -0.1) is 0 Å². The predicted octanol–water partition coefficient (Wildman–Crippen LogP) is 1.75. The first kappa shape index (κ1) is 10.9. The zero-order valence-electron chi connectivity index (χ0n) is 8.22. The third-order valence-electron chi connectivity index (χ3n) is 2.72. The second-order valence-electron chi connectivity index (χ2n) is 3.87. The molecule has 1 rings (SSSR count). The molecular weight excluding hydrogens is 176 g/mol. The van der Waals surface area contributed by atoms with Crippen molar-refractivity contribution in [2.75, 3.05) is 26.8 Å². The fraction of sp³-hybridized carbons (Fsp3) is 1.00. The van der Waals surface area contributed by atoms with Crippen molar-refractivity contribution in [2.45, 2.75) is 31.7 Å². The quantitative estimate of drug-likeness (QED) is 0.674. The van der Waals surface area contributed by atoms with E-state index in [9.17, 15) is 8.78 Å². The summed E-state index contributed by atoms with van der Waals surface area (Å²) in [5.74, 6) is 0. The Morgan fingerprint density at radius 1 is 1.54 bits per heavy atom. The molecular formula is C9H17F2NO. The minimum atomic E-state index is -2.24. The zero-order valence-corrected chi connectivity index (χ0v) is 8.22. The van der Waals surface area contributed by atoms with Crippen LogP contribution < -0.4 is 0 Å². The van der Waals surface area contributed by atoms with Gasteiger partial charge in [0, 0.05) is 12.6 Å². The molecule has 0 spiro atoms. The van der Waals surface area contributed by atoms with Gasteiger partial charge in [0.1, 0.15) is 0 Å². The molecule has 0 N–H and O–H groups in total. The fourth-order valence-electron chi connectivity index (χ4n) is 2.03. The molecule has 0 aromatic rings. The molecule has 1 fully saturated rings. The van der Waals surface area contributed by atoms with E-state index in [1.165, 1.54) is 0 Å². The molecule has 0 aliphatic carbocycles. The minimum absolute atomic E-state index is 0.125. The average Bonchev–Trinajstić information content (AvgIpc) is 2.32. The van der Waals surface area contributed by atoms with Gasteiger partial charge in [0.2, 0.25) is 0 Å². The number of ether oxygens (including phenoxy) is 1. The summed E-state index contributed by atoms with van der Waals surface area (Å²) in [6.45, 7) is 3.18. The number of hydrogen-bond donors (Lipinski definition) is 0. The maximum Gasteiger partial charge on any atom is 0.251 e. The molecule has 0 amide bonds. The number of halogens is 2. The Hall–Kier alpha value is -0.220. The molecule has 1 aliphatic rings. The van der Waals surface area contributed by atoms with E-state index in [1.807, 2.05) is 11.8 Å². The molecule has 1 unspecified atom stereocenters. The molecule has 0 radical (unpaired) electrons. The summed E-state index contributed by atoms with van der Waals surface area (Å²) in [7, 11) is 1.62. The maximum atomic E-state index is 12.2. The summed E-state index contributed by atoms with van der Waals surface area (Å²) in [6, 6.07) is 0. The molecule has 1 heterocycles. The van der Waals surface area contributed by atoms with Crippen LogP contribution in [0.5, 0.6) is 0 Å². The lowest BCUT2D eigenvalue weighted by Gasteiger charge is -2.34. The first-order chi connectivity index (χ1) is 6.08. The molecule has 2 nitrogen and oxygen atoms in total. The van der Waals surface area contributed by atoms with Crippen molar-refractivity contribution in [3.63, 3.8) is 0 Å². The Labute approximate surface area is 77.9 Å². The summed E-state index contributed by atoms with van der Waals surface area (Å²) >= 11 is 0. The Morgan fingerprint density at radius 3 is 2.77 bits per heavy atom. The number of methoxy groups -OCH3 is 1. The van der Waals surface area contributed by atoms with Gasteiger partial charge in [0.05, 0.1) is 13.2 Å². The summed E-state index contributed by atoms with van der Waals surface area (Å²) in [6.07, 6.45) is -0.297. The number of alkyl halides is 2. The van der Waals surface area contributed by atoms with Crippen molar-refractivity contribution in [3.05, 3.63) is 0 Å². The van der Waals surface area contributed by atoms with Gasteiger partial charge in [-0.25, -0.2) is 8.78 Å². The van der Waals surface area contributed by atoms with Crippen LogP contribution >= 0.6 is 0 Å². The van der Waals surface area contributed by atoms with Gasteiger partial charge in [0.25, 0.3) is 6.43 Å². The third kappa shape index (κ3) is 2.61. The maximum absolute atomic E-state index is 12.2. The lowest BCUT2D eigenvalue weighted by molar-refractivity contribution is 0.0104. The number of hydrogen-bond acceptors (Lipinski definition) is 2. The summed E-state index contributed by atoms with van der Waals surface area (Å²) < 4.78 is 29.4. The van der Waals surface area contributed by atoms with Gasteiger partial charge in [-0.2, -0.15) is 0 Å². The fourth-order valence-corrected chi connectivity index (χ4v) is 2.03. The van der Waals surface area contributed by atoms with Crippen LogP contribution in [0.15, 0.2) is 0 Å². The number of rotatable bonds is 4. The van der Waals surface area contributed by atoms with Crippen molar-refractivity contribution in [1.29, 1.82) is 0 Å². The van der Waals surface area contributed by atoms with Gasteiger partial charge in [0.15, 0.2) is 0 Å². The van der Waals surface area contributed by atoms with Crippen LogP contribution in [-0.4, -0.2) is 43.7 Å². The molecule has 1 aliphatic heterocycles. The van der Waals surface area contributed by atoms with E-state index < -0.39 is 6.43 Å². The molecule has 78 valence electrons. The Morgan fingerprint density at radius 2 is 2.23 bits per heavy atom. The van der Waals surface area contributed by atoms with Crippen molar-refractivity contribution in [2.24, 2.45) is 0 Å². The summed E-state index contributed by atoms with van der Waals surface area (Å²) in [5, 5.41) is 0. The largest absolute Gasteiger partial charge is 0.383 e. The van der Waals surface area contributed by atoms with E-state index in [0.29, 0.717) is 6.61 Å². The molecule has 1 atom stereocenters. The highest BCUT2D eigenvalue weighted by Crippen LogP contribution is 2.29.